The van der Waals surface area contributed by atoms with E-state index in [0.717, 1.165) is 12.8 Å². The first-order chi connectivity index (χ1) is 16.3. The topological polar surface area (TPSA) is 119 Å². The van der Waals surface area contributed by atoms with Crippen LogP contribution in [0.5, 0.6) is 0 Å². The van der Waals surface area contributed by atoms with E-state index in [1.54, 1.807) is 13.8 Å². The quantitative estimate of drug-likeness (QED) is 0.145. The van der Waals surface area contributed by atoms with E-state index in [2.05, 4.69) is 6.92 Å². The van der Waals surface area contributed by atoms with Crippen LogP contribution in [-0.4, -0.2) is 46.9 Å². The second-order valence-corrected chi connectivity index (χ2v) is 9.36. The summed E-state index contributed by atoms with van der Waals surface area (Å²) >= 11 is 0. The minimum atomic E-state index is -1.46. The van der Waals surface area contributed by atoms with E-state index < -0.39 is 54.2 Å². The molecule has 0 aromatic heterocycles. The van der Waals surface area contributed by atoms with Crippen LogP contribution in [0.3, 0.4) is 0 Å². The molecular formula is C26H44O8. The third kappa shape index (κ3) is 11.9. The number of aliphatic hydroxyl groups is 2. The normalized spacial score (nSPS) is 16.6. The fourth-order valence-corrected chi connectivity index (χ4v) is 3.66. The first-order valence-corrected chi connectivity index (χ1v) is 13.0. The number of hydrogen-bond acceptors (Lipinski definition) is 8. The van der Waals surface area contributed by atoms with Crippen molar-refractivity contribution >= 4 is 17.9 Å². The lowest BCUT2D eigenvalue weighted by Crippen LogP contribution is -2.33. The summed E-state index contributed by atoms with van der Waals surface area (Å²) < 4.78 is 14.7. The molecule has 0 aromatic carbocycles. The van der Waals surface area contributed by atoms with Gasteiger partial charge < -0.3 is 24.4 Å². The minimum absolute atomic E-state index is 0.244. The second kappa shape index (κ2) is 17.4. The van der Waals surface area contributed by atoms with Crippen LogP contribution >= 0.6 is 0 Å². The molecule has 0 spiro atoms. The van der Waals surface area contributed by atoms with Gasteiger partial charge in [0.15, 0.2) is 11.9 Å². The van der Waals surface area contributed by atoms with Crippen molar-refractivity contribution < 1.29 is 38.8 Å². The van der Waals surface area contributed by atoms with Crippen molar-refractivity contribution in [1.82, 2.24) is 0 Å². The highest BCUT2D eigenvalue weighted by Gasteiger charge is 2.42. The van der Waals surface area contributed by atoms with Gasteiger partial charge in [-0.15, -0.1) is 0 Å². The molecule has 0 fully saturated rings. The fourth-order valence-electron chi connectivity index (χ4n) is 3.66. The largest absolute Gasteiger partial charge is 0.505 e. The average molecular weight is 485 g/mol. The van der Waals surface area contributed by atoms with E-state index in [9.17, 15) is 24.6 Å². The summed E-state index contributed by atoms with van der Waals surface area (Å²) in [7, 11) is 0. The minimum Gasteiger partial charge on any atom is -0.505 e. The van der Waals surface area contributed by atoms with Gasteiger partial charge in [0, 0.05) is 6.42 Å². The van der Waals surface area contributed by atoms with Crippen molar-refractivity contribution in [3.8, 4) is 0 Å². The Hall–Kier alpha value is -2.09. The van der Waals surface area contributed by atoms with Crippen LogP contribution in [0, 0.1) is 5.92 Å². The molecule has 1 aliphatic rings. The fraction of sp³-hybridized carbons (Fsp3) is 0.808. The maximum absolute atomic E-state index is 11.9. The maximum Gasteiger partial charge on any atom is 0.378 e. The molecule has 8 nitrogen and oxygen atoms in total. The Kier molecular flexibility index (Phi) is 15.3. The Balaban J connectivity index is 2.11. The lowest BCUT2D eigenvalue weighted by molar-refractivity contribution is -0.157. The Labute approximate surface area is 204 Å². The van der Waals surface area contributed by atoms with E-state index in [1.807, 2.05) is 0 Å². The molecule has 0 bridgehead atoms. The van der Waals surface area contributed by atoms with Crippen molar-refractivity contribution in [1.29, 1.82) is 0 Å². The number of esters is 3. The Morgan fingerprint density at radius 2 is 1.41 bits per heavy atom. The van der Waals surface area contributed by atoms with Gasteiger partial charge in [0.1, 0.15) is 12.7 Å². The van der Waals surface area contributed by atoms with Crippen LogP contribution in [-0.2, 0) is 28.6 Å². The molecule has 1 rings (SSSR count). The third-order valence-corrected chi connectivity index (χ3v) is 5.84. The number of ether oxygens (including phenoxy) is 3. The summed E-state index contributed by atoms with van der Waals surface area (Å²) in [6, 6.07) is 0. The maximum atomic E-state index is 11.9. The van der Waals surface area contributed by atoms with E-state index in [4.69, 9.17) is 14.2 Å². The van der Waals surface area contributed by atoms with Gasteiger partial charge in [0.25, 0.3) is 5.76 Å². The van der Waals surface area contributed by atoms with E-state index in [0.29, 0.717) is 6.42 Å². The molecule has 1 aliphatic heterocycles. The van der Waals surface area contributed by atoms with Crippen molar-refractivity contribution in [3.63, 3.8) is 0 Å². The predicted octanol–water partition coefficient (Wildman–Crippen LogP) is 5.27. The number of hydrogen-bond donors (Lipinski definition) is 2. The number of carbonyl (C=O) groups is 3. The summed E-state index contributed by atoms with van der Waals surface area (Å²) in [5.74, 6) is -4.05. The van der Waals surface area contributed by atoms with Gasteiger partial charge in [-0.2, -0.15) is 0 Å². The zero-order valence-corrected chi connectivity index (χ0v) is 21.2. The molecular weight excluding hydrogens is 440 g/mol. The molecule has 196 valence electrons. The number of rotatable bonds is 19. The lowest BCUT2D eigenvalue weighted by Gasteiger charge is -2.17. The van der Waals surface area contributed by atoms with Gasteiger partial charge >= 0.3 is 17.9 Å². The van der Waals surface area contributed by atoms with Gasteiger partial charge in [0.2, 0.25) is 0 Å². The molecule has 0 radical (unpaired) electrons. The summed E-state index contributed by atoms with van der Waals surface area (Å²) in [5.41, 5.74) is 0. The number of aliphatic hydroxyl groups excluding tert-OH is 2. The monoisotopic (exact) mass is 484 g/mol. The van der Waals surface area contributed by atoms with Crippen molar-refractivity contribution in [2.45, 2.75) is 123 Å². The van der Waals surface area contributed by atoms with Crippen LogP contribution in [0.15, 0.2) is 11.5 Å². The van der Waals surface area contributed by atoms with Gasteiger partial charge in [-0.1, -0.05) is 97.8 Å². The molecule has 0 saturated heterocycles. The Morgan fingerprint density at radius 1 is 0.912 bits per heavy atom. The predicted molar refractivity (Wildman–Crippen MR) is 128 cm³/mol. The standard InChI is InChI=1S/C26H44O8/c1-4-5-6-7-8-9-10-11-12-13-14-15-16-17-21(28)32-18-20(27)23-22(29)24(26(31)33-23)34-25(30)19(2)3/h19-20,23,27,29H,4-18H2,1-3H3/t20-,23+/m0/s1. The molecule has 2 N–H and O–H groups in total. The van der Waals surface area contributed by atoms with Crippen molar-refractivity contribution in [2.75, 3.05) is 6.61 Å². The summed E-state index contributed by atoms with van der Waals surface area (Å²) in [4.78, 5) is 35.4. The highest BCUT2D eigenvalue weighted by atomic mass is 16.6. The smallest absolute Gasteiger partial charge is 0.378 e. The SMILES string of the molecule is CCCCCCCCCCCCCCCC(=O)OC[C@H](O)[C@H]1OC(=O)C(OC(=O)C(C)C)=C1O. The van der Waals surface area contributed by atoms with Crippen LogP contribution in [0.2, 0.25) is 0 Å². The lowest BCUT2D eigenvalue weighted by atomic mass is 10.0. The van der Waals surface area contributed by atoms with Crippen LogP contribution in [0.25, 0.3) is 0 Å². The second-order valence-electron chi connectivity index (χ2n) is 9.36. The van der Waals surface area contributed by atoms with E-state index in [-0.39, 0.29) is 6.42 Å². The summed E-state index contributed by atoms with van der Waals surface area (Å²) in [6.07, 6.45) is 13.1. The average Bonchev–Trinajstić information content (AvgIpc) is 3.08. The van der Waals surface area contributed by atoms with Gasteiger partial charge in [-0.05, 0) is 6.42 Å². The van der Waals surface area contributed by atoms with Crippen molar-refractivity contribution in [3.05, 3.63) is 11.5 Å². The molecule has 8 heteroatoms. The molecule has 1 heterocycles. The number of cyclic esters (lactones) is 1. The Bertz CT molecular complexity index is 655. The molecule has 2 atom stereocenters. The zero-order valence-electron chi connectivity index (χ0n) is 21.2. The summed E-state index contributed by atoms with van der Waals surface area (Å²) in [5, 5.41) is 20.2. The third-order valence-electron chi connectivity index (χ3n) is 5.84. The number of carbonyl (C=O) groups excluding carboxylic acids is 3. The van der Waals surface area contributed by atoms with Crippen LogP contribution < -0.4 is 0 Å². The number of unbranched alkanes of at least 4 members (excludes halogenated alkanes) is 12. The molecule has 0 aliphatic carbocycles. The highest BCUT2D eigenvalue weighted by molar-refractivity contribution is 5.92. The molecule has 0 saturated carbocycles. The van der Waals surface area contributed by atoms with Gasteiger partial charge in [-0.25, -0.2) is 4.79 Å². The first kappa shape index (κ1) is 29.9. The highest BCUT2D eigenvalue weighted by Crippen LogP contribution is 2.25. The zero-order chi connectivity index (χ0) is 25.3. The van der Waals surface area contributed by atoms with Gasteiger partial charge in [-0.3, -0.25) is 9.59 Å². The van der Waals surface area contributed by atoms with Crippen LogP contribution in [0.4, 0.5) is 0 Å². The van der Waals surface area contributed by atoms with E-state index in [1.165, 1.54) is 64.2 Å². The summed E-state index contributed by atoms with van der Waals surface area (Å²) in [6.45, 7) is 4.94. The Morgan fingerprint density at radius 3 is 1.91 bits per heavy atom. The van der Waals surface area contributed by atoms with Gasteiger partial charge in [0.05, 0.1) is 5.92 Å². The molecule has 0 aromatic rings. The molecule has 0 amide bonds. The first-order valence-electron chi connectivity index (χ1n) is 13.0. The molecule has 34 heavy (non-hydrogen) atoms. The van der Waals surface area contributed by atoms with E-state index >= 15 is 0 Å². The van der Waals surface area contributed by atoms with Crippen LogP contribution in [0.1, 0.15) is 111 Å². The van der Waals surface area contributed by atoms with Crippen molar-refractivity contribution in [2.24, 2.45) is 5.92 Å². The molecule has 0 unspecified atom stereocenters.